The Labute approximate surface area is 191 Å². The third-order valence-electron chi connectivity index (χ3n) is 6.22. The van der Waals surface area contributed by atoms with Crippen molar-refractivity contribution in [3.63, 3.8) is 0 Å². The van der Waals surface area contributed by atoms with Crippen LogP contribution in [0, 0.1) is 0 Å². The second-order valence-corrected chi connectivity index (χ2v) is 8.18. The molecule has 33 heavy (non-hydrogen) atoms. The predicted molar refractivity (Wildman–Crippen MR) is 125 cm³/mol. The van der Waals surface area contributed by atoms with E-state index >= 15 is 0 Å². The number of rotatable bonds is 6. The second kappa shape index (κ2) is 8.79. The van der Waals surface area contributed by atoms with Gasteiger partial charge in [-0.1, -0.05) is 91.0 Å². The van der Waals surface area contributed by atoms with Crippen molar-refractivity contribution >= 4 is 22.8 Å². The first-order valence-electron chi connectivity index (χ1n) is 10.9. The van der Waals surface area contributed by atoms with Gasteiger partial charge in [-0.05, 0) is 45.0 Å². The van der Waals surface area contributed by atoms with Crippen molar-refractivity contribution in [2.45, 2.75) is 18.4 Å². The minimum atomic E-state index is -1.35. The highest BCUT2D eigenvalue weighted by Crippen LogP contribution is 2.44. The lowest BCUT2D eigenvalue weighted by Crippen LogP contribution is -2.49. The first kappa shape index (κ1) is 20.8. The molecule has 0 unspecified atom stereocenters. The molecular formula is C28H22NO4-. The summed E-state index contributed by atoms with van der Waals surface area (Å²) in [6.07, 6.45) is -0.667. The van der Waals surface area contributed by atoms with E-state index in [2.05, 4.69) is 17.4 Å². The number of benzene rings is 4. The molecule has 0 saturated heterocycles. The summed E-state index contributed by atoms with van der Waals surface area (Å²) in [4.78, 5) is 24.3. The number of carboxylic acid groups (broad SMARTS) is 1. The van der Waals surface area contributed by atoms with Gasteiger partial charge in [0.05, 0.1) is 12.0 Å². The molecule has 164 valence electrons. The number of aliphatic carboxylic acids is 1. The first-order valence-corrected chi connectivity index (χ1v) is 10.9. The smallest absolute Gasteiger partial charge is 0.407 e. The van der Waals surface area contributed by atoms with Crippen LogP contribution in [0.3, 0.4) is 0 Å². The average molecular weight is 436 g/mol. The van der Waals surface area contributed by atoms with Gasteiger partial charge in [0.2, 0.25) is 0 Å². The molecule has 1 amide bonds. The van der Waals surface area contributed by atoms with Crippen LogP contribution in [-0.2, 0) is 16.0 Å². The zero-order valence-electron chi connectivity index (χ0n) is 17.9. The molecule has 4 aromatic rings. The molecule has 5 rings (SSSR count). The van der Waals surface area contributed by atoms with Crippen molar-refractivity contribution < 1.29 is 19.4 Å². The van der Waals surface area contributed by atoms with Crippen LogP contribution in [0.4, 0.5) is 4.79 Å². The summed E-state index contributed by atoms with van der Waals surface area (Å²) in [6.45, 7) is 0.119. The van der Waals surface area contributed by atoms with E-state index in [1.807, 2.05) is 78.9 Å². The van der Waals surface area contributed by atoms with Crippen molar-refractivity contribution in [2.24, 2.45) is 0 Å². The zero-order chi connectivity index (χ0) is 22.8. The number of hydrogen-bond donors (Lipinski definition) is 1. The fourth-order valence-electron chi connectivity index (χ4n) is 4.67. The standard InChI is InChI=1S/C28H23NO4/c30-27(31)26(16-19-10-7-9-18-8-1-2-11-20(18)19)29-28(32)33-17-25-23-14-5-3-12-21(23)22-13-4-6-15-24(22)25/h1-15,25-26H,16-17H2,(H,29,32)(H,30,31)/p-1/t26-/m1/s1. The monoisotopic (exact) mass is 436 g/mol. The van der Waals surface area contributed by atoms with E-state index in [1.54, 1.807) is 0 Å². The van der Waals surface area contributed by atoms with Crippen LogP contribution in [-0.4, -0.2) is 24.7 Å². The fraction of sp³-hybridized carbons (Fsp3) is 0.143. The molecular weight excluding hydrogens is 414 g/mol. The molecule has 0 heterocycles. The van der Waals surface area contributed by atoms with Crippen molar-refractivity contribution in [1.82, 2.24) is 5.32 Å². The van der Waals surface area contributed by atoms with E-state index in [9.17, 15) is 14.7 Å². The maximum atomic E-state index is 12.6. The minimum Gasteiger partial charge on any atom is -0.548 e. The molecule has 0 aromatic heterocycles. The lowest BCUT2D eigenvalue weighted by Gasteiger charge is -2.21. The number of ether oxygens (including phenoxy) is 1. The summed E-state index contributed by atoms with van der Waals surface area (Å²) in [5.41, 5.74) is 5.27. The highest BCUT2D eigenvalue weighted by molar-refractivity contribution is 5.87. The number of carboxylic acids is 1. The summed E-state index contributed by atoms with van der Waals surface area (Å²) in [7, 11) is 0. The van der Waals surface area contributed by atoms with Gasteiger partial charge in [-0.25, -0.2) is 4.79 Å². The fourth-order valence-corrected chi connectivity index (χ4v) is 4.67. The summed E-state index contributed by atoms with van der Waals surface area (Å²) in [6, 6.07) is 28.3. The van der Waals surface area contributed by atoms with Gasteiger partial charge in [0.1, 0.15) is 6.61 Å². The topological polar surface area (TPSA) is 78.5 Å². The van der Waals surface area contributed by atoms with Gasteiger partial charge < -0.3 is 20.0 Å². The maximum Gasteiger partial charge on any atom is 0.407 e. The SMILES string of the molecule is O=C(N[C@H](Cc1cccc2ccccc12)C(=O)[O-])OCC1c2ccccc2-c2ccccc21. The average Bonchev–Trinajstić information content (AvgIpc) is 3.16. The first-order chi connectivity index (χ1) is 16.1. The van der Waals surface area contributed by atoms with Gasteiger partial charge in [-0.15, -0.1) is 0 Å². The number of amides is 1. The lowest BCUT2D eigenvalue weighted by atomic mass is 9.98. The van der Waals surface area contributed by atoms with Crippen molar-refractivity contribution in [1.29, 1.82) is 0 Å². The molecule has 0 spiro atoms. The number of hydrogen-bond acceptors (Lipinski definition) is 4. The highest BCUT2D eigenvalue weighted by Gasteiger charge is 2.29. The molecule has 1 aliphatic rings. The maximum absolute atomic E-state index is 12.6. The Bertz CT molecular complexity index is 1300. The van der Waals surface area contributed by atoms with Gasteiger partial charge in [-0.2, -0.15) is 0 Å². The lowest BCUT2D eigenvalue weighted by molar-refractivity contribution is -0.308. The Morgan fingerprint density at radius 3 is 2.12 bits per heavy atom. The van der Waals surface area contributed by atoms with E-state index in [0.29, 0.717) is 0 Å². The third-order valence-corrected chi connectivity index (χ3v) is 6.22. The summed E-state index contributed by atoms with van der Waals surface area (Å²) < 4.78 is 5.50. The van der Waals surface area contributed by atoms with Crippen LogP contribution < -0.4 is 10.4 Å². The Kier molecular flexibility index (Phi) is 5.53. The molecule has 4 aromatic carbocycles. The highest BCUT2D eigenvalue weighted by atomic mass is 16.5. The molecule has 0 fully saturated rings. The summed E-state index contributed by atoms with van der Waals surface area (Å²) in [5.74, 6) is -1.45. The quantitative estimate of drug-likeness (QED) is 0.495. The van der Waals surface area contributed by atoms with Crippen molar-refractivity contribution in [3.8, 4) is 11.1 Å². The summed E-state index contributed by atoms with van der Waals surface area (Å²) >= 11 is 0. The second-order valence-electron chi connectivity index (χ2n) is 8.18. The van der Waals surface area contributed by atoms with E-state index < -0.39 is 18.1 Å². The van der Waals surface area contributed by atoms with Gasteiger partial charge in [-0.3, -0.25) is 0 Å². The molecule has 1 N–H and O–H groups in total. The number of nitrogens with one attached hydrogen (secondary N) is 1. The zero-order valence-corrected chi connectivity index (χ0v) is 17.9. The molecule has 1 aliphatic carbocycles. The molecule has 5 heteroatoms. The normalized spacial score (nSPS) is 13.2. The molecule has 1 atom stereocenters. The van der Waals surface area contributed by atoms with Crippen LogP contribution in [0.15, 0.2) is 91.0 Å². The predicted octanol–water partition coefficient (Wildman–Crippen LogP) is 4.04. The minimum absolute atomic E-state index is 0.0948. The molecule has 0 bridgehead atoms. The van der Waals surface area contributed by atoms with Gasteiger partial charge >= 0.3 is 6.09 Å². The van der Waals surface area contributed by atoms with E-state index in [-0.39, 0.29) is 18.9 Å². The van der Waals surface area contributed by atoms with Crippen LogP contribution in [0.25, 0.3) is 21.9 Å². The molecule has 0 aliphatic heterocycles. The van der Waals surface area contributed by atoms with Crippen LogP contribution in [0.1, 0.15) is 22.6 Å². The van der Waals surface area contributed by atoms with Crippen molar-refractivity contribution in [2.75, 3.05) is 6.61 Å². The number of carbonyl (C=O) groups is 2. The van der Waals surface area contributed by atoms with Gasteiger partial charge in [0, 0.05) is 5.92 Å². The van der Waals surface area contributed by atoms with E-state index in [1.165, 1.54) is 0 Å². The van der Waals surface area contributed by atoms with Crippen LogP contribution in [0.2, 0.25) is 0 Å². The van der Waals surface area contributed by atoms with Gasteiger partial charge in [0.25, 0.3) is 0 Å². The number of alkyl carbamates (subject to hydrolysis) is 1. The molecule has 0 saturated carbocycles. The largest absolute Gasteiger partial charge is 0.548 e. The molecule has 5 nitrogen and oxygen atoms in total. The van der Waals surface area contributed by atoms with Crippen molar-refractivity contribution in [3.05, 3.63) is 108 Å². The molecule has 0 radical (unpaired) electrons. The third kappa shape index (κ3) is 4.05. The van der Waals surface area contributed by atoms with Crippen LogP contribution in [0.5, 0.6) is 0 Å². The summed E-state index contributed by atoms with van der Waals surface area (Å²) in [5, 5.41) is 16.2. The van der Waals surface area contributed by atoms with Crippen LogP contribution >= 0.6 is 0 Å². The number of fused-ring (bicyclic) bond motifs is 4. The van der Waals surface area contributed by atoms with E-state index in [0.717, 1.165) is 38.6 Å². The Balaban J connectivity index is 1.29. The number of carbonyl (C=O) groups excluding carboxylic acids is 2. The Morgan fingerprint density at radius 1 is 0.818 bits per heavy atom. The van der Waals surface area contributed by atoms with Gasteiger partial charge in [0.15, 0.2) is 0 Å². The Hall–Kier alpha value is -4.12. The van der Waals surface area contributed by atoms with E-state index in [4.69, 9.17) is 4.74 Å². The Morgan fingerprint density at radius 2 is 1.42 bits per heavy atom.